The maximum absolute atomic E-state index is 12.1. The number of benzene rings is 1. The number of carbonyl (C=O) groups is 1. The largest absolute Gasteiger partial charge is 0.398 e. The van der Waals surface area contributed by atoms with Gasteiger partial charge in [0.15, 0.2) is 0 Å². The predicted octanol–water partition coefficient (Wildman–Crippen LogP) is 2.13. The first-order valence-corrected chi connectivity index (χ1v) is 6.77. The van der Waals surface area contributed by atoms with E-state index >= 15 is 0 Å². The summed E-state index contributed by atoms with van der Waals surface area (Å²) in [6.45, 7) is 1.20. The summed E-state index contributed by atoms with van der Waals surface area (Å²) >= 11 is 3.30. The van der Waals surface area contributed by atoms with E-state index in [9.17, 15) is 4.79 Å². The van der Waals surface area contributed by atoms with E-state index in [4.69, 9.17) is 10.5 Å². The molecule has 6 nitrogen and oxygen atoms in total. The molecule has 1 amide bonds. The molecule has 20 heavy (non-hydrogen) atoms. The molecular formula is C13H15BrN4O2. The molecule has 106 valence electrons. The highest BCUT2D eigenvalue weighted by Gasteiger charge is 2.11. The summed E-state index contributed by atoms with van der Waals surface area (Å²) in [6, 6.07) is 5.13. The van der Waals surface area contributed by atoms with Gasteiger partial charge in [0.05, 0.1) is 30.6 Å². The van der Waals surface area contributed by atoms with Crippen LogP contribution in [0, 0.1) is 0 Å². The number of hydrogen-bond acceptors (Lipinski definition) is 4. The van der Waals surface area contributed by atoms with Crippen LogP contribution in [-0.4, -0.2) is 29.4 Å². The molecule has 0 radical (unpaired) electrons. The normalized spacial score (nSPS) is 10.5. The topological polar surface area (TPSA) is 82.2 Å². The molecule has 0 saturated carbocycles. The number of carbonyl (C=O) groups excluding carboxylic acids is 1. The molecule has 3 N–H and O–H groups in total. The molecular weight excluding hydrogens is 324 g/mol. The zero-order valence-electron chi connectivity index (χ0n) is 11.0. The van der Waals surface area contributed by atoms with Crippen LogP contribution in [-0.2, 0) is 11.3 Å². The SMILES string of the molecule is COCCn1cc(NC(=O)c2ccc(Br)cc2N)cn1. The Hall–Kier alpha value is -1.86. The number of hydrogen-bond donors (Lipinski definition) is 2. The van der Waals surface area contributed by atoms with Crippen LogP contribution >= 0.6 is 15.9 Å². The highest BCUT2D eigenvalue weighted by Crippen LogP contribution is 2.19. The van der Waals surface area contributed by atoms with Gasteiger partial charge in [-0.25, -0.2) is 0 Å². The van der Waals surface area contributed by atoms with E-state index in [0.717, 1.165) is 4.47 Å². The number of rotatable bonds is 5. The monoisotopic (exact) mass is 338 g/mol. The summed E-state index contributed by atoms with van der Waals surface area (Å²) in [4.78, 5) is 12.1. The second-order valence-electron chi connectivity index (χ2n) is 4.17. The lowest BCUT2D eigenvalue weighted by Crippen LogP contribution is -2.13. The van der Waals surface area contributed by atoms with Gasteiger partial charge in [-0.3, -0.25) is 9.48 Å². The smallest absolute Gasteiger partial charge is 0.257 e. The Labute approximate surface area is 125 Å². The van der Waals surface area contributed by atoms with Crippen molar-refractivity contribution < 1.29 is 9.53 Å². The van der Waals surface area contributed by atoms with Gasteiger partial charge in [-0.1, -0.05) is 15.9 Å². The van der Waals surface area contributed by atoms with Gasteiger partial charge in [0, 0.05) is 23.5 Å². The number of aromatic nitrogens is 2. The summed E-state index contributed by atoms with van der Waals surface area (Å²) in [5.74, 6) is -0.263. The molecule has 1 aromatic carbocycles. The van der Waals surface area contributed by atoms with Gasteiger partial charge in [0.2, 0.25) is 0 Å². The molecule has 0 aliphatic carbocycles. The first kappa shape index (κ1) is 14.5. The molecule has 0 bridgehead atoms. The molecule has 1 aromatic heterocycles. The van der Waals surface area contributed by atoms with Gasteiger partial charge in [0.1, 0.15) is 0 Å². The first-order chi connectivity index (χ1) is 9.60. The second kappa shape index (κ2) is 6.53. The molecule has 0 saturated heterocycles. The summed E-state index contributed by atoms with van der Waals surface area (Å²) in [5, 5.41) is 6.88. The number of nitrogen functional groups attached to an aromatic ring is 1. The Kier molecular flexibility index (Phi) is 4.75. The second-order valence-corrected chi connectivity index (χ2v) is 5.09. The Morgan fingerprint density at radius 1 is 1.55 bits per heavy atom. The van der Waals surface area contributed by atoms with Gasteiger partial charge in [-0.15, -0.1) is 0 Å². The van der Waals surface area contributed by atoms with Crippen molar-refractivity contribution in [3.05, 3.63) is 40.6 Å². The van der Waals surface area contributed by atoms with E-state index < -0.39 is 0 Å². The number of nitrogens with one attached hydrogen (secondary N) is 1. The fourth-order valence-corrected chi connectivity index (χ4v) is 2.05. The number of ether oxygens (including phenoxy) is 1. The van der Waals surface area contributed by atoms with E-state index in [-0.39, 0.29) is 5.91 Å². The molecule has 0 spiro atoms. The zero-order valence-corrected chi connectivity index (χ0v) is 12.6. The molecule has 0 fully saturated rings. The van der Waals surface area contributed by atoms with Crippen molar-refractivity contribution in [3.63, 3.8) is 0 Å². The highest BCUT2D eigenvalue weighted by molar-refractivity contribution is 9.10. The van der Waals surface area contributed by atoms with Crippen LogP contribution in [0.4, 0.5) is 11.4 Å². The molecule has 0 unspecified atom stereocenters. The van der Waals surface area contributed by atoms with Crippen molar-refractivity contribution in [2.75, 3.05) is 24.8 Å². The molecule has 2 aromatic rings. The number of halogens is 1. The van der Waals surface area contributed by atoms with Crippen LogP contribution in [0.25, 0.3) is 0 Å². The van der Waals surface area contributed by atoms with Crippen molar-refractivity contribution >= 4 is 33.2 Å². The van der Waals surface area contributed by atoms with Gasteiger partial charge in [-0.2, -0.15) is 5.10 Å². The number of anilines is 2. The third kappa shape index (κ3) is 3.58. The Morgan fingerprint density at radius 3 is 3.05 bits per heavy atom. The van der Waals surface area contributed by atoms with Crippen molar-refractivity contribution in [3.8, 4) is 0 Å². The summed E-state index contributed by atoms with van der Waals surface area (Å²) < 4.78 is 7.49. The number of methoxy groups -OCH3 is 1. The Bertz CT molecular complexity index is 612. The van der Waals surface area contributed by atoms with Gasteiger partial charge >= 0.3 is 0 Å². The lowest BCUT2D eigenvalue weighted by Gasteiger charge is -2.06. The van der Waals surface area contributed by atoms with Gasteiger partial charge in [0.25, 0.3) is 5.91 Å². The lowest BCUT2D eigenvalue weighted by atomic mass is 10.1. The van der Waals surface area contributed by atoms with E-state index in [2.05, 4.69) is 26.3 Å². The van der Waals surface area contributed by atoms with E-state index in [0.29, 0.717) is 30.1 Å². The van der Waals surface area contributed by atoms with Crippen LogP contribution in [0.15, 0.2) is 35.1 Å². The third-order valence-electron chi connectivity index (χ3n) is 2.67. The van der Waals surface area contributed by atoms with Crippen molar-refractivity contribution in [2.24, 2.45) is 0 Å². The fraction of sp³-hybridized carbons (Fsp3) is 0.231. The maximum Gasteiger partial charge on any atom is 0.257 e. The lowest BCUT2D eigenvalue weighted by molar-refractivity contribution is 0.102. The Morgan fingerprint density at radius 2 is 2.35 bits per heavy atom. The Balaban J connectivity index is 2.05. The van der Waals surface area contributed by atoms with E-state index in [1.54, 1.807) is 42.4 Å². The summed E-state index contributed by atoms with van der Waals surface area (Å²) in [6.07, 6.45) is 3.33. The van der Waals surface area contributed by atoms with E-state index in [1.807, 2.05) is 0 Å². The minimum atomic E-state index is -0.263. The average Bonchev–Trinajstić information content (AvgIpc) is 2.83. The first-order valence-electron chi connectivity index (χ1n) is 5.98. The number of nitrogens with two attached hydrogens (primary N) is 1. The number of nitrogens with zero attached hydrogens (tertiary/aromatic N) is 2. The average molecular weight is 339 g/mol. The van der Waals surface area contributed by atoms with Crippen LogP contribution in [0.3, 0.4) is 0 Å². The van der Waals surface area contributed by atoms with Crippen LogP contribution in [0.2, 0.25) is 0 Å². The van der Waals surface area contributed by atoms with Crippen LogP contribution in [0.1, 0.15) is 10.4 Å². The minimum absolute atomic E-state index is 0.263. The van der Waals surface area contributed by atoms with Gasteiger partial charge < -0.3 is 15.8 Å². The van der Waals surface area contributed by atoms with E-state index in [1.165, 1.54) is 0 Å². The van der Waals surface area contributed by atoms with Gasteiger partial charge in [-0.05, 0) is 18.2 Å². The molecule has 2 rings (SSSR count). The van der Waals surface area contributed by atoms with Crippen LogP contribution < -0.4 is 11.1 Å². The molecule has 7 heteroatoms. The summed E-state index contributed by atoms with van der Waals surface area (Å²) in [7, 11) is 1.63. The molecule has 0 aliphatic rings. The van der Waals surface area contributed by atoms with Crippen LogP contribution in [0.5, 0.6) is 0 Å². The predicted molar refractivity (Wildman–Crippen MR) is 80.6 cm³/mol. The number of amides is 1. The minimum Gasteiger partial charge on any atom is -0.398 e. The standard InChI is InChI=1S/C13H15BrN4O2/c1-20-5-4-18-8-10(7-16-18)17-13(19)11-3-2-9(14)6-12(11)15/h2-3,6-8H,4-5,15H2,1H3,(H,17,19). The van der Waals surface area contributed by atoms with Crippen molar-refractivity contribution in [1.29, 1.82) is 0 Å². The molecule has 1 heterocycles. The third-order valence-corrected chi connectivity index (χ3v) is 3.17. The quantitative estimate of drug-likeness (QED) is 0.818. The highest BCUT2D eigenvalue weighted by atomic mass is 79.9. The molecule has 0 aliphatic heterocycles. The van der Waals surface area contributed by atoms with Crippen molar-refractivity contribution in [1.82, 2.24) is 9.78 Å². The fourth-order valence-electron chi connectivity index (χ4n) is 1.67. The zero-order chi connectivity index (χ0) is 14.5. The summed E-state index contributed by atoms with van der Waals surface area (Å²) in [5.41, 5.74) is 7.29. The maximum atomic E-state index is 12.1. The molecule has 0 atom stereocenters. The van der Waals surface area contributed by atoms with Crippen molar-refractivity contribution in [2.45, 2.75) is 6.54 Å².